The third kappa shape index (κ3) is 5.15. The van der Waals surface area contributed by atoms with Crippen molar-refractivity contribution in [1.82, 2.24) is 20.4 Å². The number of thiophene rings is 1. The van der Waals surface area contributed by atoms with Gasteiger partial charge in [0, 0.05) is 29.7 Å². The molecule has 7 heteroatoms. The fourth-order valence-electron chi connectivity index (χ4n) is 4.48. The molecule has 0 spiro atoms. The molecule has 6 nitrogen and oxygen atoms in total. The minimum atomic E-state index is 0.00212. The Bertz CT molecular complexity index is 1030. The Hall–Kier alpha value is -2.67. The minimum Gasteiger partial charge on any atom is -0.354 e. The number of fused-ring (bicyclic) bond motifs is 1. The molecule has 3 aromatic rings. The Labute approximate surface area is 187 Å². The molecule has 2 heterocycles. The summed E-state index contributed by atoms with van der Waals surface area (Å²) in [5.41, 5.74) is 1.22. The second-order valence-corrected chi connectivity index (χ2v) is 9.75. The van der Waals surface area contributed by atoms with E-state index in [2.05, 4.69) is 33.9 Å². The van der Waals surface area contributed by atoms with Gasteiger partial charge in [-0.05, 0) is 74.4 Å². The molecule has 1 saturated carbocycles. The zero-order chi connectivity index (χ0) is 21.8. The Morgan fingerprint density at radius 3 is 2.65 bits per heavy atom. The third-order valence-corrected chi connectivity index (χ3v) is 7.15. The van der Waals surface area contributed by atoms with Crippen LogP contribution in [0.4, 0.5) is 0 Å². The van der Waals surface area contributed by atoms with Crippen LogP contribution in [0.15, 0.2) is 42.7 Å². The first-order valence-electron chi connectivity index (χ1n) is 11.1. The van der Waals surface area contributed by atoms with Crippen molar-refractivity contribution in [3.05, 3.63) is 53.2 Å². The molecule has 2 N–H and O–H groups in total. The van der Waals surface area contributed by atoms with Gasteiger partial charge in [-0.25, -0.2) is 0 Å². The molecule has 0 radical (unpaired) electrons. The summed E-state index contributed by atoms with van der Waals surface area (Å²) in [6.45, 7) is 4.96. The molecule has 4 rings (SSSR count). The molecule has 1 aliphatic carbocycles. The van der Waals surface area contributed by atoms with Crippen molar-refractivity contribution < 1.29 is 9.59 Å². The van der Waals surface area contributed by atoms with Gasteiger partial charge < -0.3 is 10.6 Å². The molecule has 164 valence electrons. The molecular weight excluding hydrogens is 408 g/mol. The van der Waals surface area contributed by atoms with E-state index in [4.69, 9.17) is 0 Å². The highest BCUT2D eigenvalue weighted by atomic mass is 32.1. The van der Waals surface area contributed by atoms with Gasteiger partial charge in [0.15, 0.2) is 0 Å². The Morgan fingerprint density at radius 2 is 1.94 bits per heavy atom. The summed E-state index contributed by atoms with van der Waals surface area (Å²) in [5, 5.41) is 11.4. The quantitative estimate of drug-likeness (QED) is 0.577. The van der Waals surface area contributed by atoms with E-state index in [0.29, 0.717) is 18.4 Å². The average molecular weight is 439 g/mol. The number of nitrogens with zero attached hydrogens (tertiary/aromatic N) is 2. The molecule has 1 fully saturated rings. The molecule has 1 aromatic carbocycles. The number of rotatable bonds is 7. The van der Waals surface area contributed by atoms with Crippen molar-refractivity contribution in [2.45, 2.75) is 58.0 Å². The fraction of sp³-hybridized carbons (Fsp3) is 0.458. The van der Waals surface area contributed by atoms with Gasteiger partial charge in [-0.2, -0.15) is 5.10 Å². The molecule has 31 heavy (non-hydrogen) atoms. The van der Waals surface area contributed by atoms with Crippen molar-refractivity contribution in [3.8, 4) is 0 Å². The zero-order valence-corrected chi connectivity index (χ0v) is 19.0. The number of hydrogen-bond donors (Lipinski definition) is 2. The zero-order valence-electron chi connectivity index (χ0n) is 18.1. The molecular formula is C24H30N4O2S. The lowest BCUT2D eigenvalue weighted by Crippen LogP contribution is -2.33. The maximum Gasteiger partial charge on any atom is 0.261 e. The Kier molecular flexibility index (Phi) is 6.70. The predicted octanol–water partition coefficient (Wildman–Crippen LogP) is 4.33. The van der Waals surface area contributed by atoms with Crippen LogP contribution < -0.4 is 10.6 Å². The molecule has 0 atom stereocenters. The van der Waals surface area contributed by atoms with Crippen molar-refractivity contribution in [3.63, 3.8) is 0 Å². The summed E-state index contributed by atoms with van der Waals surface area (Å²) >= 11 is 1.61. The lowest BCUT2D eigenvalue weighted by atomic mass is 9.77. The summed E-state index contributed by atoms with van der Waals surface area (Å²) in [6.07, 6.45) is 7.68. The van der Waals surface area contributed by atoms with Crippen LogP contribution in [0.2, 0.25) is 0 Å². The molecule has 2 aromatic heterocycles. The number of aromatic nitrogens is 2. The van der Waals surface area contributed by atoms with Crippen molar-refractivity contribution in [1.29, 1.82) is 0 Å². The first-order chi connectivity index (χ1) is 15.0. The van der Waals surface area contributed by atoms with Gasteiger partial charge in [0.25, 0.3) is 5.91 Å². The smallest absolute Gasteiger partial charge is 0.261 e. The topological polar surface area (TPSA) is 76.0 Å². The molecule has 0 unspecified atom stereocenters. The maximum atomic E-state index is 12.9. The third-order valence-electron chi connectivity index (χ3n) is 5.97. The first kappa shape index (κ1) is 21.6. The van der Waals surface area contributed by atoms with Crippen LogP contribution in [0, 0.1) is 5.92 Å². The summed E-state index contributed by atoms with van der Waals surface area (Å²) in [7, 11) is 0. The highest BCUT2D eigenvalue weighted by molar-refractivity contribution is 7.21. The van der Waals surface area contributed by atoms with E-state index in [9.17, 15) is 9.59 Å². The molecule has 2 amide bonds. The van der Waals surface area contributed by atoms with Crippen LogP contribution in [-0.2, 0) is 11.3 Å². The van der Waals surface area contributed by atoms with Gasteiger partial charge in [-0.15, -0.1) is 11.3 Å². The summed E-state index contributed by atoms with van der Waals surface area (Å²) in [4.78, 5) is 25.9. The van der Waals surface area contributed by atoms with Gasteiger partial charge in [0.2, 0.25) is 5.91 Å². The second-order valence-electron chi connectivity index (χ2n) is 8.69. The molecule has 1 aliphatic rings. The number of amides is 2. The first-order valence-corrected chi connectivity index (χ1v) is 11.9. The number of carbonyl (C=O) groups excluding carboxylic acids is 2. The fourth-order valence-corrected chi connectivity index (χ4v) is 5.67. The van der Waals surface area contributed by atoms with Crippen LogP contribution in [0.5, 0.6) is 0 Å². The van der Waals surface area contributed by atoms with E-state index < -0.39 is 0 Å². The summed E-state index contributed by atoms with van der Waals surface area (Å²) in [6, 6.07) is 10.3. The predicted molar refractivity (Wildman–Crippen MR) is 124 cm³/mol. The monoisotopic (exact) mass is 438 g/mol. The van der Waals surface area contributed by atoms with Crippen molar-refractivity contribution >= 4 is 33.2 Å². The Balaban J connectivity index is 1.40. The highest BCUT2D eigenvalue weighted by Gasteiger charge is 2.29. The van der Waals surface area contributed by atoms with Gasteiger partial charge in [-0.3, -0.25) is 14.3 Å². The SMILES string of the molecule is CC(C)NC(=O)c1sc2ccccc2c1C1CCC(CNC(=O)Cn2cccn2)CC1. The Morgan fingerprint density at radius 1 is 1.16 bits per heavy atom. The largest absolute Gasteiger partial charge is 0.354 e. The van der Waals surface area contributed by atoms with Crippen molar-refractivity contribution in [2.24, 2.45) is 5.92 Å². The van der Waals surface area contributed by atoms with Gasteiger partial charge >= 0.3 is 0 Å². The van der Waals surface area contributed by atoms with Gasteiger partial charge in [0.1, 0.15) is 6.54 Å². The van der Waals surface area contributed by atoms with Crippen LogP contribution in [0.3, 0.4) is 0 Å². The van der Waals surface area contributed by atoms with Crippen LogP contribution in [-0.4, -0.2) is 34.2 Å². The average Bonchev–Trinajstić information content (AvgIpc) is 3.40. The maximum absolute atomic E-state index is 12.9. The van der Waals surface area contributed by atoms with Crippen LogP contribution >= 0.6 is 11.3 Å². The van der Waals surface area contributed by atoms with Crippen LogP contribution in [0.1, 0.15) is 60.7 Å². The van der Waals surface area contributed by atoms with E-state index in [1.54, 1.807) is 28.4 Å². The molecule has 0 saturated heterocycles. The number of nitrogens with one attached hydrogen (secondary N) is 2. The lowest BCUT2D eigenvalue weighted by molar-refractivity contribution is -0.122. The van der Waals surface area contributed by atoms with Gasteiger partial charge in [-0.1, -0.05) is 18.2 Å². The van der Waals surface area contributed by atoms with Crippen molar-refractivity contribution in [2.75, 3.05) is 6.54 Å². The molecule has 0 bridgehead atoms. The van der Waals surface area contributed by atoms with E-state index >= 15 is 0 Å². The second kappa shape index (κ2) is 9.64. The normalized spacial score (nSPS) is 18.9. The van der Waals surface area contributed by atoms with E-state index in [-0.39, 0.29) is 24.4 Å². The standard InChI is InChI=1S/C24H30N4O2S/c1-16(2)27-24(30)23-22(19-6-3-4-7-20(19)31-23)18-10-8-17(9-11-18)14-25-21(29)15-28-13-5-12-26-28/h3-7,12-13,16-18H,8-11,14-15H2,1-2H3,(H,25,29)(H,27,30). The highest BCUT2D eigenvalue weighted by Crippen LogP contribution is 2.43. The number of benzene rings is 1. The lowest BCUT2D eigenvalue weighted by Gasteiger charge is -2.29. The van der Waals surface area contributed by atoms with Gasteiger partial charge in [0.05, 0.1) is 4.88 Å². The number of hydrogen-bond acceptors (Lipinski definition) is 4. The summed E-state index contributed by atoms with van der Waals surface area (Å²) in [5.74, 6) is 0.914. The van der Waals surface area contributed by atoms with E-state index in [1.807, 2.05) is 26.0 Å². The number of carbonyl (C=O) groups is 2. The molecule has 0 aliphatic heterocycles. The summed E-state index contributed by atoms with van der Waals surface area (Å²) < 4.78 is 2.82. The van der Waals surface area contributed by atoms with Crippen LogP contribution in [0.25, 0.3) is 10.1 Å². The van der Waals surface area contributed by atoms with E-state index in [0.717, 1.165) is 30.6 Å². The minimum absolute atomic E-state index is 0.00212. The van der Waals surface area contributed by atoms with E-state index in [1.165, 1.54) is 15.6 Å².